The molecular formula is C13H11FN2. The van der Waals surface area contributed by atoms with E-state index in [0.29, 0.717) is 13.0 Å². The molecule has 3 heteroatoms. The lowest BCUT2D eigenvalue weighted by molar-refractivity contribution is 0.628. The summed E-state index contributed by atoms with van der Waals surface area (Å²) in [5.74, 6) is 2.33. The maximum atomic E-state index is 12.7. The fraction of sp³-hybridized carbons (Fsp3) is 0.154. The summed E-state index contributed by atoms with van der Waals surface area (Å²) in [7, 11) is 0. The molecule has 0 saturated carbocycles. The van der Waals surface area contributed by atoms with Gasteiger partial charge in [-0.2, -0.15) is 5.10 Å². The first-order valence-corrected chi connectivity index (χ1v) is 5.01. The van der Waals surface area contributed by atoms with E-state index in [0.717, 1.165) is 11.1 Å². The molecule has 2 rings (SSSR count). The molecule has 16 heavy (non-hydrogen) atoms. The van der Waals surface area contributed by atoms with Crippen LogP contribution in [0.5, 0.6) is 0 Å². The van der Waals surface area contributed by atoms with Crippen LogP contribution >= 0.6 is 0 Å². The Kier molecular flexibility index (Phi) is 3.02. The van der Waals surface area contributed by atoms with E-state index in [1.165, 1.54) is 12.1 Å². The Hall–Kier alpha value is -2.08. The van der Waals surface area contributed by atoms with Crippen LogP contribution in [0, 0.1) is 18.2 Å². The topological polar surface area (TPSA) is 17.8 Å². The maximum absolute atomic E-state index is 12.7. The molecule has 1 heterocycles. The van der Waals surface area contributed by atoms with Crippen LogP contribution in [0.2, 0.25) is 0 Å². The van der Waals surface area contributed by atoms with Crippen LogP contribution in [0.25, 0.3) is 11.1 Å². The van der Waals surface area contributed by atoms with Crippen molar-refractivity contribution in [2.75, 3.05) is 0 Å². The van der Waals surface area contributed by atoms with Crippen molar-refractivity contribution in [1.29, 1.82) is 0 Å². The number of nitrogens with zero attached hydrogens (tertiary/aromatic N) is 2. The second-order valence-corrected chi connectivity index (χ2v) is 3.45. The van der Waals surface area contributed by atoms with Crippen LogP contribution < -0.4 is 0 Å². The van der Waals surface area contributed by atoms with Crippen molar-refractivity contribution < 1.29 is 4.39 Å². The van der Waals surface area contributed by atoms with Crippen LogP contribution in [0.15, 0.2) is 36.7 Å². The molecule has 0 amide bonds. The van der Waals surface area contributed by atoms with E-state index in [1.807, 2.05) is 6.20 Å². The molecule has 80 valence electrons. The Morgan fingerprint density at radius 1 is 1.25 bits per heavy atom. The van der Waals surface area contributed by atoms with Crippen LogP contribution in [0.3, 0.4) is 0 Å². The van der Waals surface area contributed by atoms with E-state index < -0.39 is 0 Å². The average Bonchev–Trinajstić information content (AvgIpc) is 2.76. The SMILES string of the molecule is C#CCCn1cc(-c2ccc(F)cc2)cn1. The minimum atomic E-state index is -0.233. The number of benzene rings is 1. The highest BCUT2D eigenvalue weighted by Gasteiger charge is 2.01. The van der Waals surface area contributed by atoms with Gasteiger partial charge in [0.05, 0.1) is 12.7 Å². The number of aryl methyl sites for hydroxylation is 1. The monoisotopic (exact) mass is 214 g/mol. The van der Waals surface area contributed by atoms with Crippen molar-refractivity contribution in [3.05, 3.63) is 42.5 Å². The van der Waals surface area contributed by atoms with Crippen molar-refractivity contribution in [1.82, 2.24) is 9.78 Å². The van der Waals surface area contributed by atoms with Gasteiger partial charge in [0, 0.05) is 18.2 Å². The predicted molar refractivity (Wildman–Crippen MR) is 61.1 cm³/mol. The van der Waals surface area contributed by atoms with Gasteiger partial charge in [0.2, 0.25) is 0 Å². The summed E-state index contributed by atoms with van der Waals surface area (Å²) in [4.78, 5) is 0. The predicted octanol–water partition coefficient (Wildman–Crippen LogP) is 2.71. The zero-order chi connectivity index (χ0) is 11.4. The van der Waals surface area contributed by atoms with E-state index in [9.17, 15) is 4.39 Å². The fourth-order valence-electron chi connectivity index (χ4n) is 1.46. The van der Waals surface area contributed by atoms with Crippen molar-refractivity contribution in [3.8, 4) is 23.5 Å². The van der Waals surface area contributed by atoms with Gasteiger partial charge < -0.3 is 0 Å². The number of halogens is 1. The van der Waals surface area contributed by atoms with Gasteiger partial charge in [0.25, 0.3) is 0 Å². The molecule has 0 aliphatic carbocycles. The van der Waals surface area contributed by atoms with Crippen LogP contribution in [0.1, 0.15) is 6.42 Å². The zero-order valence-electron chi connectivity index (χ0n) is 8.73. The second-order valence-electron chi connectivity index (χ2n) is 3.45. The highest BCUT2D eigenvalue weighted by atomic mass is 19.1. The van der Waals surface area contributed by atoms with Crippen LogP contribution in [0.4, 0.5) is 4.39 Å². The van der Waals surface area contributed by atoms with Gasteiger partial charge in [-0.05, 0) is 17.7 Å². The Bertz CT molecular complexity index is 505. The quantitative estimate of drug-likeness (QED) is 0.718. The van der Waals surface area contributed by atoms with Gasteiger partial charge in [-0.25, -0.2) is 4.39 Å². The number of rotatable bonds is 3. The summed E-state index contributed by atoms with van der Waals surface area (Å²) in [6.45, 7) is 0.706. The van der Waals surface area contributed by atoms with Gasteiger partial charge >= 0.3 is 0 Å². The molecule has 0 N–H and O–H groups in total. The van der Waals surface area contributed by atoms with Crippen molar-refractivity contribution in [2.24, 2.45) is 0 Å². The van der Waals surface area contributed by atoms with Gasteiger partial charge in [0.15, 0.2) is 0 Å². The summed E-state index contributed by atoms with van der Waals surface area (Å²) in [5.41, 5.74) is 1.92. The molecule has 0 fully saturated rings. The first kappa shape index (κ1) is 10.4. The van der Waals surface area contributed by atoms with Crippen LogP contribution in [-0.2, 0) is 6.54 Å². The third-order valence-electron chi connectivity index (χ3n) is 2.30. The largest absolute Gasteiger partial charge is 0.271 e. The molecule has 1 aromatic heterocycles. The Balaban J connectivity index is 2.18. The van der Waals surface area contributed by atoms with Crippen molar-refractivity contribution >= 4 is 0 Å². The van der Waals surface area contributed by atoms with Gasteiger partial charge in [-0.15, -0.1) is 12.3 Å². The molecule has 0 spiro atoms. The molecule has 0 radical (unpaired) electrons. The fourth-order valence-corrected chi connectivity index (χ4v) is 1.46. The first-order valence-electron chi connectivity index (χ1n) is 5.01. The number of terminal acetylenes is 1. The van der Waals surface area contributed by atoms with Gasteiger partial charge in [-0.1, -0.05) is 12.1 Å². The highest BCUT2D eigenvalue weighted by molar-refractivity contribution is 5.61. The lowest BCUT2D eigenvalue weighted by Crippen LogP contribution is -1.96. The third-order valence-corrected chi connectivity index (χ3v) is 2.30. The molecule has 0 saturated heterocycles. The van der Waals surface area contributed by atoms with E-state index in [1.54, 1.807) is 23.0 Å². The van der Waals surface area contributed by atoms with Crippen LogP contribution in [-0.4, -0.2) is 9.78 Å². The second kappa shape index (κ2) is 4.63. The van der Waals surface area contributed by atoms with E-state index >= 15 is 0 Å². The summed E-state index contributed by atoms with van der Waals surface area (Å²) in [5, 5.41) is 4.18. The first-order chi connectivity index (χ1) is 7.79. The third kappa shape index (κ3) is 2.29. The van der Waals surface area contributed by atoms with Crippen molar-refractivity contribution in [3.63, 3.8) is 0 Å². The lowest BCUT2D eigenvalue weighted by atomic mass is 10.1. The highest BCUT2D eigenvalue weighted by Crippen LogP contribution is 2.18. The summed E-state index contributed by atoms with van der Waals surface area (Å²) in [6.07, 6.45) is 9.50. The normalized spacial score (nSPS) is 10.0. The molecule has 0 aliphatic rings. The molecule has 0 aliphatic heterocycles. The minimum Gasteiger partial charge on any atom is -0.271 e. The smallest absolute Gasteiger partial charge is 0.123 e. The van der Waals surface area contributed by atoms with Gasteiger partial charge in [-0.3, -0.25) is 4.68 Å². The molecule has 0 unspecified atom stereocenters. The molecule has 0 bridgehead atoms. The number of hydrogen-bond donors (Lipinski definition) is 0. The minimum absolute atomic E-state index is 0.233. The molecule has 2 nitrogen and oxygen atoms in total. The summed E-state index contributed by atoms with van der Waals surface area (Å²) in [6, 6.07) is 6.35. The molecular weight excluding hydrogens is 203 g/mol. The molecule has 2 aromatic rings. The Morgan fingerprint density at radius 3 is 2.69 bits per heavy atom. The van der Waals surface area contributed by atoms with E-state index in [-0.39, 0.29) is 5.82 Å². The molecule has 1 aromatic carbocycles. The van der Waals surface area contributed by atoms with E-state index in [2.05, 4.69) is 11.0 Å². The number of hydrogen-bond acceptors (Lipinski definition) is 1. The average molecular weight is 214 g/mol. The summed E-state index contributed by atoms with van der Waals surface area (Å²) < 4.78 is 14.5. The summed E-state index contributed by atoms with van der Waals surface area (Å²) >= 11 is 0. The standard InChI is InChI=1S/C13H11FN2/c1-2-3-8-16-10-12(9-15-16)11-4-6-13(14)7-5-11/h1,4-7,9-10H,3,8H2. The zero-order valence-corrected chi connectivity index (χ0v) is 8.73. The molecule has 0 atom stereocenters. The Labute approximate surface area is 93.7 Å². The Morgan fingerprint density at radius 2 is 2.00 bits per heavy atom. The van der Waals surface area contributed by atoms with E-state index in [4.69, 9.17) is 6.42 Å². The maximum Gasteiger partial charge on any atom is 0.123 e. The number of aromatic nitrogens is 2. The lowest BCUT2D eigenvalue weighted by Gasteiger charge is -1.97. The van der Waals surface area contributed by atoms with Crippen molar-refractivity contribution in [2.45, 2.75) is 13.0 Å². The van der Waals surface area contributed by atoms with Gasteiger partial charge in [0.1, 0.15) is 5.82 Å².